The summed E-state index contributed by atoms with van der Waals surface area (Å²) in [4.78, 5) is 32.6. The van der Waals surface area contributed by atoms with Gasteiger partial charge >= 0.3 is 0 Å². The molecule has 38 heavy (non-hydrogen) atoms. The van der Waals surface area contributed by atoms with Crippen LogP contribution in [0.2, 0.25) is 10.0 Å². The number of benzene rings is 1. The molecule has 0 saturated carbocycles. The summed E-state index contributed by atoms with van der Waals surface area (Å²) in [6.07, 6.45) is 1.46. The first kappa shape index (κ1) is 27.8. The molecule has 3 aromatic rings. The Morgan fingerprint density at radius 3 is 2.26 bits per heavy atom. The van der Waals surface area contributed by atoms with Crippen molar-refractivity contribution in [2.75, 3.05) is 37.0 Å². The number of rotatable bonds is 5. The van der Waals surface area contributed by atoms with Gasteiger partial charge in [-0.05, 0) is 45.0 Å². The lowest BCUT2D eigenvalue weighted by Crippen LogP contribution is -2.44. The van der Waals surface area contributed by atoms with Crippen LogP contribution in [0.5, 0.6) is 0 Å². The first-order valence-electron chi connectivity index (χ1n) is 11.8. The van der Waals surface area contributed by atoms with Crippen molar-refractivity contribution in [3.8, 4) is 5.69 Å². The third-order valence-corrected chi connectivity index (χ3v) is 8.66. The van der Waals surface area contributed by atoms with E-state index in [4.69, 9.17) is 23.2 Å². The van der Waals surface area contributed by atoms with E-state index in [9.17, 15) is 13.8 Å². The highest BCUT2D eigenvalue weighted by molar-refractivity contribution is 7.93. The Morgan fingerprint density at radius 1 is 1.05 bits per heavy atom. The SMILES string of the molecule is CNC(=O)c1nn(-c2c(Cl)cccc2Cl)nc1Nc1ccc(C(=O)N2CCS(=O)(=NC(C)(C)C)CC2)nc1. The Bertz CT molecular complexity index is 1460. The number of nitrogens with zero attached hydrogens (tertiary/aromatic N) is 6. The standard InChI is InChI=1S/C24H28Cl2N8O3S/c1-24(2,3)32-38(37)12-10-33(11-13-38)23(36)18-9-8-15(14-28-18)29-21-19(22(35)27-4)30-34(31-21)20-16(25)6-5-7-17(20)26/h5-9,14H,10-13H2,1-4H3,(H,27,35)(H,29,31). The lowest BCUT2D eigenvalue weighted by atomic mass is 10.1. The second-order valence-corrected chi connectivity index (χ2v) is 13.0. The zero-order valence-electron chi connectivity index (χ0n) is 21.4. The number of carbonyl (C=O) groups excluding carboxylic acids is 2. The molecular weight excluding hydrogens is 551 g/mol. The molecule has 1 aliphatic rings. The molecule has 1 fully saturated rings. The molecule has 14 heteroatoms. The molecule has 1 aliphatic heterocycles. The first-order valence-corrected chi connectivity index (χ1v) is 14.4. The largest absolute Gasteiger partial charge is 0.354 e. The minimum absolute atomic E-state index is 0.0150. The zero-order chi connectivity index (χ0) is 27.7. The van der Waals surface area contributed by atoms with E-state index in [0.29, 0.717) is 46.0 Å². The van der Waals surface area contributed by atoms with Crippen LogP contribution in [0.4, 0.5) is 11.5 Å². The summed E-state index contributed by atoms with van der Waals surface area (Å²) in [6.45, 7) is 6.45. The topological polar surface area (TPSA) is 134 Å². The van der Waals surface area contributed by atoms with Crippen molar-refractivity contribution in [2.24, 2.45) is 4.36 Å². The molecule has 0 atom stereocenters. The Hall–Kier alpha value is -3.22. The summed E-state index contributed by atoms with van der Waals surface area (Å²) in [5.74, 6) is 0.0988. The molecule has 1 saturated heterocycles. The second kappa shape index (κ2) is 10.9. The Morgan fingerprint density at radius 2 is 1.71 bits per heavy atom. The molecule has 2 N–H and O–H groups in total. The lowest BCUT2D eigenvalue weighted by molar-refractivity contribution is 0.0765. The number of hydrogen-bond donors (Lipinski definition) is 2. The van der Waals surface area contributed by atoms with Crippen molar-refractivity contribution in [3.63, 3.8) is 0 Å². The quantitative estimate of drug-likeness (QED) is 0.470. The number of amides is 2. The number of carbonyl (C=O) groups is 2. The summed E-state index contributed by atoms with van der Waals surface area (Å²) in [7, 11) is -0.860. The fourth-order valence-corrected chi connectivity index (χ4v) is 6.79. The van der Waals surface area contributed by atoms with Crippen LogP contribution < -0.4 is 10.6 Å². The normalized spacial score (nSPS) is 15.2. The van der Waals surface area contributed by atoms with Crippen molar-refractivity contribution in [1.29, 1.82) is 0 Å². The van der Waals surface area contributed by atoms with Gasteiger partial charge in [0.15, 0.2) is 11.5 Å². The summed E-state index contributed by atoms with van der Waals surface area (Å²) >= 11 is 12.6. The molecule has 0 spiro atoms. The predicted molar refractivity (Wildman–Crippen MR) is 148 cm³/mol. The maximum Gasteiger partial charge on any atom is 0.275 e. The van der Waals surface area contributed by atoms with Gasteiger partial charge in [-0.2, -0.15) is 0 Å². The minimum Gasteiger partial charge on any atom is -0.354 e. The highest BCUT2D eigenvalue weighted by Gasteiger charge is 2.27. The monoisotopic (exact) mass is 578 g/mol. The van der Waals surface area contributed by atoms with Crippen LogP contribution in [0.1, 0.15) is 41.7 Å². The van der Waals surface area contributed by atoms with Crippen molar-refractivity contribution in [2.45, 2.75) is 26.3 Å². The van der Waals surface area contributed by atoms with E-state index in [0.717, 1.165) is 0 Å². The lowest BCUT2D eigenvalue weighted by Gasteiger charge is -2.30. The maximum absolute atomic E-state index is 13.0. The number of pyridine rings is 1. The molecular formula is C24H28Cl2N8O3S. The van der Waals surface area contributed by atoms with Crippen LogP contribution in [-0.2, 0) is 9.73 Å². The third kappa shape index (κ3) is 6.25. The Labute approximate surface area is 231 Å². The molecule has 0 radical (unpaired) electrons. The second-order valence-electron chi connectivity index (χ2n) is 9.63. The number of para-hydroxylation sites is 1. The fourth-order valence-electron chi connectivity index (χ4n) is 3.85. The van der Waals surface area contributed by atoms with Crippen molar-refractivity contribution in [1.82, 2.24) is 30.2 Å². The van der Waals surface area contributed by atoms with E-state index in [1.807, 2.05) is 20.8 Å². The number of halogens is 2. The van der Waals surface area contributed by atoms with Gasteiger partial charge in [-0.15, -0.1) is 15.0 Å². The van der Waals surface area contributed by atoms with E-state index in [2.05, 4.69) is 30.2 Å². The van der Waals surface area contributed by atoms with E-state index in [-0.39, 0.29) is 23.1 Å². The molecule has 0 bridgehead atoms. The van der Waals surface area contributed by atoms with Gasteiger partial charge in [0, 0.05) is 31.6 Å². The van der Waals surface area contributed by atoms with Crippen LogP contribution >= 0.6 is 23.2 Å². The van der Waals surface area contributed by atoms with E-state index < -0.39 is 21.2 Å². The van der Waals surface area contributed by atoms with E-state index in [1.54, 1.807) is 35.2 Å². The molecule has 202 valence electrons. The van der Waals surface area contributed by atoms with E-state index >= 15 is 0 Å². The number of hydrogen-bond acceptors (Lipinski definition) is 8. The van der Waals surface area contributed by atoms with Gasteiger partial charge in [0.25, 0.3) is 11.8 Å². The highest BCUT2D eigenvalue weighted by Crippen LogP contribution is 2.29. The van der Waals surface area contributed by atoms with Crippen LogP contribution in [0, 0.1) is 0 Å². The van der Waals surface area contributed by atoms with E-state index in [1.165, 1.54) is 18.0 Å². The predicted octanol–water partition coefficient (Wildman–Crippen LogP) is 3.79. The van der Waals surface area contributed by atoms with Crippen molar-refractivity contribution < 1.29 is 13.8 Å². The average molecular weight is 580 g/mol. The molecule has 1 aromatic carbocycles. The van der Waals surface area contributed by atoms with Gasteiger partial charge in [0.05, 0.1) is 37.2 Å². The summed E-state index contributed by atoms with van der Waals surface area (Å²) in [5, 5.41) is 14.8. The average Bonchev–Trinajstić information content (AvgIpc) is 3.25. The smallest absolute Gasteiger partial charge is 0.275 e. The molecule has 0 unspecified atom stereocenters. The van der Waals surface area contributed by atoms with Crippen LogP contribution in [-0.4, -0.2) is 78.1 Å². The molecule has 2 amide bonds. The fraction of sp³-hybridized carbons (Fsp3) is 0.375. The molecule has 4 rings (SSSR count). The minimum atomic E-state index is -2.34. The highest BCUT2D eigenvalue weighted by atomic mass is 35.5. The number of anilines is 2. The van der Waals surface area contributed by atoms with Gasteiger partial charge in [-0.1, -0.05) is 29.3 Å². The van der Waals surface area contributed by atoms with Gasteiger partial charge in [-0.25, -0.2) is 13.6 Å². The molecule has 2 aromatic heterocycles. The summed E-state index contributed by atoms with van der Waals surface area (Å²) < 4.78 is 17.5. The van der Waals surface area contributed by atoms with Crippen molar-refractivity contribution in [3.05, 3.63) is 58.0 Å². The maximum atomic E-state index is 13.0. The Balaban J connectivity index is 1.51. The van der Waals surface area contributed by atoms with Gasteiger partial charge < -0.3 is 15.5 Å². The number of nitrogens with one attached hydrogen (secondary N) is 2. The van der Waals surface area contributed by atoms with Gasteiger partial charge in [-0.3, -0.25) is 9.59 Å². The summed E-state index contributed by atoms with van der Waals surface area (Å²) in [5.41, 5.74) is 0.676. The molecule has 11 nitrogen and oxygen atoms in total. The molecule has 3 heterocycles. The van der Waals surface area contributed by atoms with Crippen LogP contribution in [0.15, 0.2) is 40.9 Å². The van der Waals surface area contributed by atoms with Crippen LogP contribution in [0.25, 0.3) is 5.69 Å². The third-order valence-electron chi connectivity index (χ3n) is 5.53. The van der Waals surface area contributed by atoms with Crippen molar-refractivity contribution >= 4 is 56.3 Å². The van der Waals surface area contributed by atoms with Gasteiger partial charge in [0.2, 0.25) is 0 Å². The zero-order valence-corrected chi connectivity index (χ0v) is 23.7. The van der Waals surface area contributed by atoms with Crippen LogP contribution in [0.3, 0.4) is 0 Å². The molecule has 0 aliphatic carbocycles. The number of aromatic nitrogens is 4. The first-order chi connectivity index (χ1) is 17.9. The van der Waals surface area contributed by atoms with Gasteiger partial charge in [0.1, 0.15) is 11.4 Å². The summed E-state index contributed by atoms with van der Waals surface area (Å²) in [6, 6.07) is 8.19. The Kier molecular flexibility index (Phi) is 7.96.